The van der Waals surface area contributed by atoms with Crippen LogP contribution in [0.4, 0.5) is 0 Å². The summed E-state index contributed by atoms with van der Waals surface area (Å²) in [6.45, 7) is 4.17. The molecule has 1 aliphatic heterocycles. The van der Waals surface area contributed by atoms with E-state index in [-0.39, 0.29) is 0 Å². The fraction of sp³-hybridized carbons (Fsp3) is 0.333. The van der Waals surface area contributed by atoms with Crippen LogP contribution in [0.2, 0.25) is 0 Å². The van der Waals surface area contributed by atoms with Crippen molar-refractivity contribution < 1.29 is 4.74 Å². The smallest absolute Gasteiger partial charge is 0.127 e. The van der Waals surface area contributed by atoms with E-state index >= 15 is 0 Å². The van der Waals surface area contributed by atoms with Gasteiger partial charge in [-0.05, 0) is 43.1 Å². The van der Waals surface area contributed by atoms with Crippen LogP contribution in [0.3, 0.4) is 0 Å². The van der Waals surface area contributed by atoms with Crippen molar-refractivity contribution in [1.29, 1.82) is 0 Å². The first-order valence-corrected chi connectivity index (χ1v) is 7.30. The van der Waals surface area contributed by atoms with E-state index in [1.54, 1.807) is 0 Å². The van der Waals surface area contributed by atoms with Crippen molar-refractivity contribution in [2.75, 3.05) is 13.1 Å². The van der Waals surface area contributed by atoms with Gasteiger partial charge >= 0.3 is 0 Å². The van der Waals surface area contributed by atoms with E-state index in [1.807, 2.05) is 24.3 Å². The Morgan fingerprint density at radius 3 is 2.40 bits per heavy atom. The van der Waals surface area contributed by atoms with E-state index in [0.29, 0.717) is 6.61 Å². The number of hydrogen-bond donors (Lipinski definition) is 0. The molecule has 2 aromatic carbocycles. The SMILES string of the molecule is [c]1ccccc1OCc1ccc(CN2CCCC2)cc1. The molecule has 0 saturated carbocycles. The molecule has 0 aromatic heterocycles. The fourth-order valence-electron chi connectivity index (χ4n) is 2.57. The Bertz CT molecular complexity index is 515. The Labute approximate surface area is 121 Å². The molecule has 2 aromatic rings. The molecule has 1 heterocycles. The lowest BCUT2D eigenvalue weighted by atomic mass is 10.1. The van der Waals surface area contributed by atoms with Crippen molar-refractivity contribution in [3.05, 3.63) is 65.7 Å². The molecule has 0 amide bonds. The highest BCUT2D eigenvalue weighted by Crippen LogP contribution is 2.15. The van der Waals surface area contributed by atoms with Crippen LogP contribution in [-0.4, -0.2) is 18.0 Å². The maximum absolute atomic E-state index is 5.70. The molecule has 0 aliphatic carbocycles. The molecule has 1 fully saturated rings. The van der Waals surface area contributed by atoms with Gasteiger partial charge in [-0.15, -0.1) is 0 Å². The second kappa shape index (κ2) is 6.58. The first kappa shape index (κ1) is 13.2. The van der Waals surface area contributed by atoms with Crippen molar-refractivity contribution in [1.82, 2.24) is 4.90 Å². The predicted molar refractivity (Wildman–Crippen MR) is 80.6 cm³/mol. The molecule has 1 radical (unpaired) electrons. The highest BCUT2D eigenvalue weighted by molar-refractivity contribution is 5.24. The lowest BCUT2D eigenvalue weighted by molar-refractivity contribution is 0.305. The van der Waals surface area contributed by atoms with E-state index in [0.717, 1.165) is 12.3 Å². The summed E-state index contributed by atoms with van der Waals surface area (Å²) in [6, 6.07) is 19.5. The van der Waals surface area contributed by atoms with E-state index in [2.05, 4.69) is 35.2 Å². The molecule has 2 nitrogen and oxygen atoms in total. The maximum atomic E-state index is 5.70. The minimum atomic E-state index is 0.602. The topological polar surface area (TPSA) is 12.5 Å². The zero-order valence-electron chi connectivity index (χ0n) is 11.7. The third-order valence-corrected chi connectivity index (χ3v) is 3.70. The van der Waals surface area contributed by atoms with E-state index in [1.165, 1.54) is 37.1 Å². The standard InChI is InChI=1S/C18H20NO/c1-2-6-18(7-3-1)20-15-17-10-8-16(9-11-17)14-19-12-4-5-13-19/h1-3,6,8-11H,4-5,12-15H2. The van der Waals surface area contributed by atoms with Crippen molar-refractivity contribution in [3.8, 4) is 5.75 Å². The number of rotatable bonds is 5. The third kappa shape index (κ3) is 3.61. The average molecular weight is 266 g/mol. The summed E-state index contributed by atoms with van der Waals surface area (Å²) in [6.07, 6.45) is 2.69. The minimum absolute atomic E-state index is 0.602. The zero-order valence-corrected chi connectivity index (χ0v) is 11.7. The number of hydrogen-bond acceptors (Lipinski definition) is 2. The van der Waals surface area contributed by atoms with Gasteiger partial charge in [-0.3, -0.25) is 4.90 Å². The van der Waals surface area contributed by atoms with E-state index in [9.17, 15) is 0 Å². The normalized spacial score (nSPS) is 15.4. The van der Waals surface area contributed by atoms with Gasteiger partial charge in [-0.2, -0.15) is 0 Å². The van der Waals surface area contributed by atoms with Crippen LogP contribution in [0, 0.1) is 6.07 Å². The molecule has 103 valence electrons. The summed E-state index contributed by atoms with van der Waals surface area (Å²) in [7, 11) is 0. The molecule has 2 heteroatoms. The molecule has 1 saturated heterocycles. The van der Waals surface area contributed by atoms with Crippen LogP contribution >= 0.6 is 0 Å². The van der Waals surface area contributed by atoms with Gasteiger partial charge < -0.3 is 4.74 Å². The fourth-order valence-corrected chi connectivity index (χ4v) is 2.57. The molecule has 20 heavy (non-hydrogen) atoms. The highest BCUT2D eigenvalue weighted by Gasteiger charge is 2.11. The van der Waals surface area contributed by atoms with Gasteiger partial charge in [-0.25, -0.2) is 0 Å². The first-order chi connectivity index (χ1) is 9.90. The number of para-hydroxylation sites is 1. The molecule has 0 spiro atoms. The summed E-state index contributed by atoms with van der Waals surface area (Å²) in [4.78, 5) is 2.52. The quantitative estimate of drug-likeness (QED) is 0.819. The van der Waals surface area contributed by atoms with Gasteiger partial charge in [0.15, 0.2) is 0 Å². The Kier molecular flexibility index (Phi) is 4.34. The van der Waals surface area contributed by atoms with Gasteiger partial charge in [0.25, 0.3) is 0 Å². The van der Waals surface area contributed by atoms with Crippen molar-refractivity contribution >= 4 is 0 Å². The number of nitrogens with zero attached hydrogens (tertiary/aromatic N) is 1. The van der Waals surface area contributed by atoms with Gasteiger partial charge in [-0.1, -0.05) is 42.5 Å². The summed E-state index contributed by atoms with van der Waals surface area (Å²) in [5.41, 5.74) is 2.59. The lowest BCUT2D eigenvalue weighted by Crippen LogP contribution is -2.18. The molecule has 0 atom stereocenters. The second-order valence-corrected chi connectivity index (χ2v) is 5.32. The Morgan fingerprint density at radius 1 is 0.950 bits per heavy atom. The zero-order chi connectivity index (χ0) is 13.6. The Morgan fingerprint density at radius 2 is 1.70 bits per heavy atom. The van der Waals surface area contributed by atoms with Crippen LogP contribution in [0.5, 0.6) is 5.75 Å². The summed E-state index contributed by atoms with van der Waals surface area (Å²) in [5.74, 6) is 0.800. The number of ether oxygens (including phenoxy) is 1. The minimum Gasteiger partial charge on any atom is -0.488 e. The molecular weight excluding hydrogens is 246 g/mol. The maximum Gasteiger partial charge on any atom is 0.127 e. The van der Waals surface area contributed by atoms with Crippen molar-refractivity contribution in [2.24, 2.45) is 0 Å². The lowest BCUT2D eigenvalue weighted by Gasteiger charge is -2.14. The van der Waals surface area contributed by atoms with Gasteiger partial charge in [0.1, 0.15) is 12.4 Å². The van der Waals surface area contributed by atoms with Crippen LogP contribution < -0.4 is 4.74 Å². The summed E-state index contributed by atoms with van der Waals surface area (Å²) < 4.78 is 5.70. The van der Waals surface area contributed by atoms with Crippen molar-refractivity contribution in [2.45, 2.75) is 26.0 Å². The third-order valence-electron chi connectivity index (χ3n) is 3.70. The highest BCUT2D eigenvalue weighted by atomic mass is 16.5. The van der Waals surface area contributed by atoms with Gasteiger partial charge in [0, 0.05) is 12.6 Å². The van der Waals surface area contributed by atoms with Crippen LogP contribution in [0.15, 0.2) is 48.5 Å². The second-order valence-electron chi connectivity index (χ2n) is 5.32. The molecule has 1 aliphatic rings. The van der Waals surface area contributed by atoms with Gasteiger partial charge in [0.2, 0.25) is 0 Å². The van der Waals surface area contributed by atoms with Crippen LogP contribution in [0.1, 0.15) is 24.0 Å². The number of benzene rings is 2. The van der Waals surface area contributed by atoms with E-state index < -0.39 is 0 Å². The summed E-state index contributed by atoms with van der Waals surface area (Å²) in [5, 5.41) is 0. The average Bonchev–Trinajstić information content (AvgIpc) is 3.01. The largest absolute Gasteiger partial charge is 0.488 e. The molecule has 3 rings (SSSR count). The number of likely N-dealkylation sites (tertiary alicyclic amines) is 1. The van der Waals surface area contributed by atoms with Gasteiger partial charge in [0.05, 0.1) is 0 Å². The summed E-state index contributed by atoms with van der Waals surface area (Å²) >= 11 is 0. The predicted octanol–water partition coefficient (Wildman–Crippen LogP) is 3.66. The first-order valence-electron chi connectivity index (χ1n) is 7.30. The molecule has 0 bridgehead atoms. The molecule has 0 N–H and O–H groups in total. The Hall–Kier alpha value is -1.80. The van der Waals surface area contributed by atoms with Crippen molar-refractivity contribution in [3.63, 3.8) is 0 Å². The van der Waals surface area contributed by atoms with Crippen LogP contribution in [0.25, 0.3) is 0 Å². The van der Waals surface area contributed by atoms with Crippen LogP contribution in [-0.2, 0) is 13.2 Å². The molecular formula is C18H20NO. The monoisotopic (exact) mass is 266 g/mol. The Balaban J connectivity index is 1.53. The molecule has 0 unspecified atom stereocenters. The van der Waals surface area contributed by atoms with E-state index in [4.69, 9.17) is 4.74 Å².